The summed E-state index contributed by atoms with van der Waals surface area (Å²) in [6, 6.07) is 14.0. The average molecular weight is 352 g/mol. The molecule has 26 heavy (non-hydrogen) atoms. The Morgan fingerprint density at radius 1 is 1.12 bits per heavy atom. The smallest absolute Gasteiger partial charge is 0.231 e. The molecule has 2 heterocycles. The number of nitrogens with zero attached hydrogens (tertiary/aromatic N) is 1. The minimum Gasteiger partial charge on any atom is -0.454 e. The number of hydrogen-bond donors (Lipinski definition) is 1. The molecule has 0 spiro atoms. The Kier molecular flexibility index (Phi) is 4.80. The number of anilines is 1. The number of hydrogen-bond acceptors (Lipinski definition) is 4. The van der Waals surface area contributed by atoms with Gasteiger partial charge in [0.05, 0.1) is 0 Å². The van der Waals surface area contributed by atoms with Crippen LogP contribution in [-0.2, 0) is 11.3 Å². The number of amides is 1. The summed E-state index contributed by atoms with van der Waals surface area (Å²) in [6.45, 7) is 5.26. The summed E-state index contributed by atoms with van der Waals surface area (Å²) in [7, 11) is 0. The number of rotatable bonds is 4. The summed E-state index contributed by atoms with van der Waals surface area (Å²) in [4.78, 5) is 15.0. The molecule has 1 N–H and O–H groups in total. The number of likely N-dealkylation sites (tertiary alicyclic amines) is 1. The van der Waals surface area contributed by atoms with E-state index in [1.54, 1.807) is 0 Å². The van der Waals surface area contributed by atoms with Crippen LogP contribution in [0.2, 0.25) is 0 Å². The minimum absolute atomic E-state index is 0.0635. The molecule has 0 saturated carbocycles. The van der Waals surface area contributed by atoms with Gasteiger partial charge in [-0.2, -0.15) is 0 Å². The van der Waals surface area contributed by atoms with E-state index in [0.717, 1.165) is 43.9 Å². The number of aryl methyl sites for hydroxylation is 1. The van der Waals surface area contributed by atoms with Gasteiger partial charge in [-0.3, -0.25) is 9.69 Å². The van der Waals surface area contributed by atoms with Crippen molar-refractivity contribution in [2.75, 3.05) is 25.2 Å². The molecule has 0 radical (unpaired) electrons. The molecule has 136 valence electrons. The molecule has 2 aromatic carbocycles. The second kappa shape index (κ2) is 7.38. The zero-order valence-electron chi connectivity index (χ0n) is 15.0. The summed E-state index contributed by atoms with van der Waals surface area (Å²) in [5.74, 6) is 1.58. The Hall–Kier alpha value is -2.53. The third-order valence-corrected chi connectivity index (χ3v) is 5.25. The first-order valence-corrected chi connectivity index (χ1v) is 9.16. The van der Waals surface area contributed by atoms with Crippen LogP contribution < -0.4 is 14.8 Å². The molecule has 2 aliphatic rings. The number of carbonyl (C=O) groups excluding carboxylic acids is 1. The van der Waals surface area contributed by atoms with Crippen LogP contribution in [-0.4, -0.2) is 30.7 Å². The summed E-state index contributed by atoms with van der Waals surface area (Å²) in [5.41, 5.74) is 3.47. The molecule has 0 bridgehead atoms. The molecule has 2 aromatic rings. The molecular formula is C21H24N2O3. The number of nitrogens with one attached hydrogen (secondary N) is 1. The summed E-state index contributed by atoms with van der Waals surface area (Å²) in [5, 5.41) is 3.02. The van der Waals surface area contributed by atoms with Gasteiger partial charge < -0.3 is 14.8 Å². The average Bonchev–Trinajstić information content (AvgIpc) is 3.12. The van der Waals surface area contributed by atoms with Crippen molar-refractivity contribution in [2.24, 2.45) is 5.92 Å². The molecule has 1 amide bonds. The number of ether oxygens (including phenoxy) is 2. The highest BCUT2D eigenvalue weighted by atomic mass is 16.7. The maximum atomic E-state index is 12.6. The van der Waals surface area contributed by atoms with Gasteiger partial charge in [0.2, 0.25) is 12.7 Å². The largest absolute Gasteiger partial charge is 0.454 e. The van der Waals surface area contributed by atoms with Crippen LogP contribution in [0.5, 0.6) is 11.5 Å². The van der Waals surface area contributed by atoms with E-state index in [1.165, 1.54) is 11.1 Å². The fraction of sp³-hybridized carbons (Fsp3) is 0.381. The monoisotopic (exact) mass is 352 g/mol. The number of carbonyl (C=O) groups is 1. The van der Waals surface area contributed by atoms with Gasteiger partial charge in [0.25, 0.3) is 0 Å². The van der Waals surface area contributed by atoms with E-state index in [0.29, 0.717) is 5.75 Å². The van der Waals surface area contributed by atoms with Crippen molar-refractivity contribution in [2.45, 2.75) is 26.3 Å². The second-order valence-electron chi connectivity index (χ2n) is 7.03. The lowest BCUT2D eigenvalue weighted by Crippen LogP contribution is -2.37. The van der Waals surface area contributed by atoms with E-state index in [-0.39, 0.29) is 18.6 Å². The van der Waals surface area contributed by atoms with Crippen LogP contribution in [0.4, 0.5) is 5.69 Å². The Morgan fingerprint density at radius 2 is 1.88 bits per heavy atom. The molecule has 1 fully saturated rings. The summed E-state index contributed by atoms with van der Waals surface area (Å²) < 4.78 is 10.7. The van der Waals surface area contributed by atoms with E-state index >= 15 is 0 Å². The zero-order valence-corrected chi connectivity index (χ0v) is 15.0. The molecule has 0 aliphatic carbocycles. The summed E-state index contributed by atoms with van der Waals surface area (Å²) >= 11 is 0. The van der Waals surface area contributed by atoms with Gasteiger partial charge in [-0.05, 0) is 56.1 Å². The Bertz CT molecular complexity index is 798. The molecule has 0 aromatic heterocycles. The van der Waals surface area contributed by atoms with Crippen LogP contribution in [0.1, 0.15) is 24.0 Å². The topological polar surface area (TPSA) is 50.8 Å². The van der Waals surface area contributed by atoms with Crippen LogP contribution in [0.15, 0.2) is 42.5 Å². The van der Waals surface area contributed by atoms with E-state index in [9.17, 15) is 4.79 Å². The molecule has 5 nitrogen and oxygen atoms in total. The lowest BCUT2D eigenvalue weighted by Gasteiger charge is -2.31. The highest BCUT2D eigenvalue weighted by Gasteiger charge is 2.25. The van der Waals surface area contributed by atoms with Gasteiger partial charge in [-0.1, -0.05) is 24.3 Å². The zero-order chi connectivity index (χ0) is 17.9. The van der Waals surface area contributed by atoms with Gasteiger partial charge in [-0.25, -0.2) is 0 Å². The number of benzene rings is 2. The van der Waals surface area contributed by atoms with Crippen LogP contribution in [0.25, 0.3) is 0 Å². The second-order valence-corrected chi connectivity index (χ2v) is 7.03. The normalized spacial score (nSPS) is 17.3. The first-order chi connectivity index (χ1) is 12.7. The van der Waals surface area contributed by atoms with Crippen molar-refractivity contribution in [1.29, 1.82) is 0 Å². The van der Waals surface area contributed by atoms with E-state index in [1.807, 2.05) is 18.2 Å². The molecule has 5 heteroatoms. The molecule has 0 unspecified atom stereocenters. The Labute approximate surface area is 153 Å². The SMILES string of the molecule is Cc1ccccc1CN1CCC(C(=O)Nc2ccc3c(c2)OCO3)CC1. The maximum absolute atomic E-state index is 12.6. The molecule has 0 atom stereocenters. The van der Waals surface area contributed by atoms with E-state index < -0.39 is 0 Å². The standard InChI is InChI=1S/C21H24N2O3/c1-15-4-2-3-5-17(15)13-23-10-8-16(9-11-23)21(24)22-18-6-7-19-20(12-18)26-14-25-19/h2-7,12,16H,8-11,13-14H2,1H3,(H,22,24). The van der Waals surface area contributed by atoms with Gasteiger partial charge in [0.1, 0.15) is 0 Å². The predicted molar refractivity (Wildman–Crippen MR) is 100 cm³/mol. The van der Waals surface area contributed by atoms with Crippen molar-refractivity contribution in [3.63, 3.8) is 0 Å². The van der Waals surface area contributed by atoms with Crippen molar-refractivity contribution >= 4 is 11.6 Å². The van der Waals surface area contributed by atoms with Crippen LogP contribution in [0, 0.1) is 12.8 Å². The third kappa shape index (κ3) is 3.68. The molecule has 4 rings (SSSR count). The highest BCUT2D eigenvalue weighted by Crippen LogP contribution is 2.34. The van der Waals surface area contributed by atoms with Gasteiger partial charge in [-0.15, -0.1) is 0 Å². The van der Waals surface area contributed by atoms with Crippen LogP contribution >= 0.6 is 0 Å². The Balaban J connectivity index is 1.30. The highest BCUT2D eigenvalue weighted by molar-refractivity contribution is 5.93. The van der Waals surface area contributed by atoms with Gasteiger partial charge in [0, 0.05) is 24.2 Å². The van der Waals surface area contributed by atoms with Crippen molar-refractivity contribution in [3.8, 4) is 11.5 Å². The lowest BCUT2D eigenvalue weighted by atomic mass is 9.95. The van der Waals surface area contributed by atoms with Gasteiger partial charge >= 0.3 is 0 Å². The lowest BCUT2D eigenvalue weighted by molar-refractivity contribution is -0.121. The molecular weight excluding hydrogens is 328 g/mol. The fourth-order valence-electron chi connectivity index (χ4n) is 3.60. The number of piperidine rings is 1. The first kappa shape index (κ1) is 16.9. The molecule has 2 aliphatic heterocycles. The quantitative estimate of drug-likeness (QED) is 0.914. The van der Waals surface area contributed by atoms with E-state index in [2.05, 4.69) is 41.4 Å². The fourth-order valence-corrected chi connectivity index (χ4v) is 3.60. The summed E-state index contributed by atoms with van der Waals surface area (Å²) in [6.07, 6.45) is 1.78. The van der Waals surface area contributed by atoms with Crippen molar-refractivity contribution in [3.05, 3.63) is 53.6 Å². The first-order valence-electron chi connectivity index (χ1n) is 9.16. The maximum Gasteiger partial charge on any atom is 0.231 e. The van der Waals surface area contributed by atoms with Crippen molar-refractivity contribution < 1.29 is 14.3 Å². The van der Waals surface area contributed by atoms with Crippen LogP contribution in [0.3, 0.4) is 0 Å². The van der Waals surface area contributed by atoms with E-state index in [4.69, 9.17) is 9.47 Å². The predicted octanol–water partition coefficient (Wildman–Crippen LogP) is 3.57. The van der Waals surface area contributed by atoms with Crippen molar-refractivity contribution in [1.82, 2.24) is 4.90 Å². The third-order valence-electron chi connectivity index (χ3n) is 5.25. The number of fused-ring (bicyclic) bond motifs is 1. The molecule has 1 saturated heterocycles. The Morgan fingerprint density at radius 3 is 2.69 bits per heavy atom. The minimum atomic E-state index is 0.0635. The van der Waals surface area contributed by atoms with Gasteiger partial charge in [0.15, 0.2) is 11.5 Å².